The van der Waals surface area contributed by atoms with E-state index in [4.69, 9.17) is 22.4 Å². The summed E-state index contributed by atoms with van der Waals surface area (Å²) in [4.78, 5) is 4.46. The summed E-state index contributed by atoms with van der Waals surface area (Å²) in [7, 11) is 0. The van der Waals surface area contributed by atoms with Crippen LogP contribution in [0, 0.1) is 6.92 Å². The van der Waals surface area contributed by atoms with Crippen LogP contribution in [0.2, 0.25) is 0 Å². The van der Waals surface area contributed by atoms with Gasteiger partial charge in [-0.15, -0.1) is 5.10 Å². The van der Waals surface area contributed by atoms with Crippen molar-refractivity contribution in [2.45, 2.75) is 40.2 Å². The third kappa shape index (κ3) is 3.36. The van der Waals surface area contributed by atoms with E-state index in [1.54, 1.807) is 6.20 Å². The lowest BCUT2D eigenvalue weighted by Crippen LogP contribution is -2.19. The Kier molecular flexibility index (Phi) is 4.85. The van der Waals surface area contributed by atoms with E-state index in [-0.39, 0.29) is 0 Å². The molecule has 6 nitrogen and oxygen atoms in total. The molecule has 0 aliphatic carbocycles. The maximum Gasteiger partial charge on any atom is 0.213 e. The van der Waals surface area contributed by atoms with Crippen LogP contribution in [0.25, 0.3) is 0 Å². The minimum absolute atomic E-state index is 0.322. The van der Waals surface area contributed by atoms with Crippen molar-refractivity contribution in [1.82, 2.24) is 15.2 Å². The topological polar surface area (TPSA) is 89.9 Å². The molecule has 2 heterocycles. The quantitative estimate of drug-likeness (QED) is 0.790. The summed E-state index contributed by atoms with van der Waals surface area (Å²) in [5.41, 5.74) is 8.61. The van der Waals surface area contributed by atoms with Crippen LogP contribution >= 0.6 is 12.2 Å². The highest BCUT2D eigenvalue weighted by Gasteiger charge is 2.17. The number of nitrogens with one attached hydrogen (secondary N) is 1. The lowest BCUT2D eigenvalue weighted by molar-refractivity contribution is 0.478. The minimum Gasteiger partial charge on any atom is -0.444 e. The zero-order valence-corrected chi connectivity index (χ0v) is 13.3. The van der Waals surface area contributed by atoms with Crippen LogP contribution in [0.15, 0.2) is 10.6 Å². The molecule has 0 amide bonds. The Morgan fingerprint density at radius 1 is 1.33 bits per heavy atom. The molecule has 112 valence electrons. The second kappa shape index (κ2) is 6.62. The van der Waals surface area contributed by atoms with Crippen LogP contribution in [0.5, 0.6) is 0 Å². The van der Waals surface area contributed by atoms with Crippen LogP contribution in [0.4, 0.5) is 5.82 Å². The smallest absolute Gasteiger partial charge is 0.213 e. The summed E-state index contributed by atoms with van der Waals surface area (Å²) in [6.07, 6.45) is 3.28. The number of nitrogens with zero attached hydrogens (tertiary/aromatic N) is 3. The van der Waals surface area contributed by atoms with E-state index in [9.17, 15) is 0 Å². The van der Waals surface area contributed by atoms with Gasteiger partial charge in [-0.1, -0.05) is 26.1 Å². The molecule has 2 rings (SSSR count). The fourth-order valence-electron chi connectivity index (χ4n) is 2.20. The zero-order valence-electron chi connectivity index (χ0n) is 12.4. The van der Waals surface area contributed by atoms with E-state index >= 15 is 0 Å². The number of hydrogen-bond donors (Lipinski definition) is 2. The van der Waals surface area contributed by atoms with Crippen molar-refractivity contribution in [3.8, 4) is 0 Å². The second-order valence-corrected chi connectivity index (χ2v) is 5.08. The first-order valence-corrected chi connectivity index (χ1v) is 7.31. The van der Waals surface area contributed by atoms with Gasteiger partial charge < -0.3 is 15.5 Å². The highest BCUT2D eigenvalue weighted by atomic mass is 32.1. The number of aryl methyl sites for hydroxylation is 2. The monoisotopic (exact) mass is 305 g/mol. The van der Waals surface area contributed by atoms with E-state index in [2.05, 4.69) is 27.4 Å². The van der Waals surface area contributed by atoms with Crippen molar-refractivity contribution >= 4 is 23.0 Å². The first kappa shape index (κ1) is 15.4. The molecule has 0 unspecified atom stereocenters. The molecular formula is C14H19N5OS. The highest BCUT2D eigenvalue weighted by Crippen LogP contribution is 2.21. The Morgan fingerprint density at radius 2 is 2.10 bits per heavy atom. The summed E-state index contributed by atoms with van der Waals surface area (Å²) in [6.45, 7) is 6.35. The van der Waals surface area contributed by atoms with E-state index in [1.165, 1.54) is 0 Å². The molecule has 7 heteroatoms. The lowest BCUT2D eigenvalue weighted by Gasteiger charge is -2.14. The number of anilines is 1. The largest absolute Gasteiger partial charge is 0.444 e. The predicted molar refractivity (Wildman–Crippen MR) is 85.2 cm³/mol. The highest BCUT2D eigenvalue weighted by molar-refractivity contribution is 7.80. The molecule has 21 heavy (non-hydrogen) atoms. The van der Waals surface area contributed by atoms with Gasteiger partial charge in [0.25, 0.3) is 0 Å². The predicted octanol–water partition coefficient (Wildman–Crippen LogP) is 2.14. The van der Waals surface area contributed by atoms with Gasteiger partial charge >= 0.3 is 0 Å². The van der Waals surface area contributed by atoms with Crippen molar-refractivity contribution in [3.63, 3.8) is 0 Å². The summed E-state index contributed by atoms with van der Waals surface area (Å²) in [5, 5.41) is 11.6. The van der Waals surface area contributed by atoms with Crippen LogP contribution in [-0.2, 0) is 19.4 Å². The summed E-state index contributed by atoms with van der Waals surface area (Å²) < 4.78 is 5.42. The first-order valence-electron chi connectivity index (χ1n) is 6.90. The normalized spacial score (nSPS) is 10.6. The SMILES string of the molecule is CCc1nnc(NCc2ncc(C)o2)c(C(N)=S)c1CC. The number of aromatic nitrogens is 3. The van der Waals surface area contributed by atoms with Crippen molar-refractivity contribution < 1.29 is 4.42 Å². The molecule has 0 aliphatic heterocycles. The number of rotatable bonds is 6. The van der Waals surface area contributed by atoms with E-state index in [1.807, 2.05) is 13.8 Å². The van der Waals surface area contributed by atoms with Gasteiger partial charge in [0.1, 0.15) is 10.7 Å². The molecule has 0 aromatic carbocycles. The lowest BCUT2D eigenvalue weighted by atomic mass is 10.0. The van der Waals surface area contributed by atoms with Crippen molar-refractivity contribution in [3.05, 3.63) is 34.7 Å². The number of nitrogens with two attached hydrogens (primary N) is 1. The Labute approximate surface area is 129 Å². The van der Waals surface area contributed by atoms with Crippen molar-refractivity contribution in [2.75, 3.05) is 5.32 Å². The fourth-order valence-corrected chi connectivity index (χ4v) is 2.42. The second-order valence-electron chi connectivity index (χ2n) is 4.64. The Balaban J connectivity index is 2.32. The molecule has 0 aliphatic rings. The Bertz CT molecular complexity index is 653. The maximum absolute atomic E-state index is 5.87. The van der Waals surface area contributed by atoms with Crippen LogP contribution in [0.1, 0.15) is 42.3 Å². The van der Waals surface area contributed by atoms with Gasteiger partial charge in [0.2, 0.25) is 5.89 Å². The molecule has 0 saturated heterocycles. The van der Waals surface area contributed by atoms with Gasteiger partial charge in [0.05, 0.1) is 24.0 Å². The number of hydrogen-bond acceptors (Lipinski definition) is 6. The number of thiocarbonyl (C=S) groups is 1. The molecule has 3 N–H and O–H groups in total. The van der Waals surface area contributed by atoms with E-state index in [0.717, 1.165) is 35.4 Å². The molecule has 0 bridgehead atoms. The molecule has 0 fully saturated rings. The third-order valence-corrected chi connectivity index (χ3v) is 3.37. The van der Waals surface area contributed by atoms with Gasteiger partial charge in [-0.05, 0) is 25.3 Å². The van der Waals surface area contributed by atoms with Gasteiger partial charge in [-0.3, -0.25) is 0 Å². The first-order chi connectivity index (χ1) is 10.1. The summed E-state index contributed by atoms with van der Waals surface area (Å²) in [5.74, 6) is 1.93. The van der Waals surface area contributed by atoms with Gasteiger partial charge in [0.15, 0.2) is 5.82 Å². The fraction of sp³-hybridized carbons (Fsp3) is 0.429. The van der Waals surface area contributed by atoms with E-state index in [0.29, 0.717) is 23.2 Å². The van der Waals surface area contributed by atoms with Crippen LogP contribution in [0.3, 0.4) is 0 Å². The Morgan fingerprint density at radius 3 is 2.62 bits per heavy atom. The molecule has 2 aromatic heterocycles. The Hall–Kier alpha value is -2.02. The average Bonchev–Trinajstić information content (AvgIpc) is 2.89. The zero-order chi connectivity index (χ0) is 15.4. The van der Waals surface area contributed by atoms with Gasteiger partial charge in [0, 0.05) is 0 Å². The third-order valence-electron chi connectivity index (χ3n) is 3.17. The summed E-state index contributed by atoms with van der Waals surface area (Å²) in [6, 6.07) is 0. The maximum atomic E-state index is 5.87. The van der Waals surface area contributed by atoms with Crippen LogP contribution < -0.4 is 11.1 Å². The summed E-state index contributed by atoms with van der Waals surface area (Å²) >= 11 is 5.18. The minimum atomic E-state index is 0.322. The number of oxazole rings is 1. The van der Waals surface area contributed by atoms with Crippen molar-refractivity contribution in [1.29, 1.82) is 0 Å². The van der Waals surface area contributed by atoms with Crippen LogP contribution in [-0.4, -0.2) is 20.2 Å². The molecule has 0 radical (unpaired) electrons. The van der Waals surface area contributed by atoms with E-state index < -0.39 is 0 Å². The average molecular weight is 305 g/mol. The molecular weight excluding hydrogens is 286 g/mol. The standard InChI is InChI=1S/C14H19N5OS/c1-4-9-10(5-2)18-19-14(12(9)13(15)21)17-7-11-16-6-8(3)20-11/h6H,4-5,7H2,1-3H3,(H2,15,21)(H,17,19). The van der Waals surface area contributed by atoms with Gasteiger partial charge in [-0.2, -0.15) is 5.10 Å². The molecule has 0 spiro atoms. The molecule has 0 saturated carbocycles. The molecule has 0 atom stereocenters. The molecule has 2 aromatic rings. The van der Waals surface area contributed by atoms with Gasteiger partial charge in [-0.25, -0.2) is 4.98 Å². The van der Waals surface area contributed by atoms with Crippen molar-refractivity contribution in [2.24, 2.45) is 5.73 Å².